The average Bonchev–Trinajstić information content (AvgIpc) is 3.23. The van der Waals surface area contributed by atoms with Gasteiger partial charge in [-0.2, -0.15) is 4.31 Å². The first-order chi connectivity index (χ1) is 14.4. The lowest BCUT2D eigenvalue weighted by Crippen LogP contribution is -2.51. The van der Waals surface area contributed by atoms with Crippen molar-refractivity contribution in [3.8, 4) is 0 Å². The van der Waals surface area contributed by atoms with E-state index in [1.54, 1.807) is 24.7 Å². The second-order valence-corrected chi connectivity index (χ2v) is 9.68. The number of amides is 1. The van der Waals surface area contributed by atoms with Gasteiger partial charge in [0, 0.05) is 36.5 Å². The lowest BCUT2D eigenvalue weighted by atomic mass is 10.0. The first-order valence-corrected chi connectivity index (χ1v) is 11.8. The maximum absolute atomic E-state index is 13.2. The van der Waals surface area contributed by atoms with E-state index >= 15 is 0 Å². The monoisotopic (exact) mass is 454 g/mol. The quantitative estimate of drug-likeness (QED) is 0.618. The zero-order valence-corrected chi connectivity index (χ0v) is 18.5. The van der Waals surface area contributed by atoms with Gasteiger partial charge in [-0.3, -0.25) is 0 Å². The van der Waals surface area contributed by atoms with Gasteiger partial charge in [-0.1, -0.05) is 18.0 Å². The Morgan fingerprint density at radius 2 is 2.07 bits per heavy atom. The molecule has 0 radical (unpaired) electrons. The number of benzene rings is 1. The van der Waals surface area contributed by atoms with Crippen LogP contribution in [0.4, 0.5) is 4.79 Å². The smallest absolute Gasteiger partial charge is 0.407 e. The molecule has 0 unspecified atom stereocenters. The summed E-state index contributed by atoms with van der Waals surface area (Å²) < 4.78 is 35.2. The Morgan fingerprint density at radius 1 is 1.30 bits per heavy atom. The number of carbonyl (C=O) groups excluding carboxylic acids is 1. The molecule has 0 saturated carbocycles. The summed E-state index contributed by atoms with van der Waals surface area (Å²) in [6.45, 7) is 3.11. The predicted octanol–water partition coefficient (Wildman–Crippen LogP) is 3.28. The molecule has 10 heteroatoms. The number of hydrogen-bond donors (Lipinski definition) is 1. The number of nitrogens with zero attached hydrogens (tertiary/aromatic N) is 3. The number of nitrogens with one attached hydrogen (secondary N) is 1. The van der Waals surface area contributed by atoms with Gasteiger partial charge in [-0.25, -0.2) is 18.2 Å². The molecule has 0 spiro atoms. The Bertz CT molecular complexity index is 919. The SMILES string of the molecule is C[C@@H]1CCC[C@@H](COC(=O)NCCCn2ccnc2)N1S(=O)(=O)c1ccc(Cl)cc1. The zero-order chi connectivity index (χ0) is 21.6. The number of halogens is 1. The van der Waals surface area contributed by atoms with Crippen LogP contribution in [0.5, 0.6) is 0 Å². The second kappa shape index (κ2) is 10.3. The van der Waals surface area contributed by atoms with Crippen LogP contribution in [0.15, 0.2) is 47.9 Å². The van der Waals surface area contributed by atoms with Crippen molar-refractivity contribution in [3.05, 3.63) is 48.0 Å². The largest absolute Gasteiger partial charge is 0.448 e. The summed E-state index contributed by atoms with van der Waals surface area (Å²) >= 11 is 5.89. The molecule has 1 fully saturated rings. The van der Waals surface area contributed by atoms with Crippen molar-refractivity contribution in [1.82, 2.24) is 19.2 Å². The van der Waals surface area contributed by atoms with Crippen LogP contribution >= 0.6 is 11.6 Å². The van der Waals surface area contributed by atoms with Crippen molar-refractivity contribution in [2.45, 2.75) is 56.1 Å². The molecule has 1 aromatic heterocycles. The highest BCUT2D eigenvalue weighted by Crippen LogP contribution is 2.30. The maximum atomic E-state index is 13.2. The van der Waals surface area contributed by atoms with Gasteiger partial charge >= 0.3 is 6.09 Å². The summed E-state index contributed by atoms with van der Waals surface area (Å²) in [5, 5.41) is 3.19. The molecule has 2 aromatic rings. The minimum atomic E-state index is -3.72. The van der Waals surface area contributed by atoms with Crippen molar-refractivity contribution < 1.29 is 17.9 Å². The molecule has 164 valence electrons. The summed E-state index contributed by atoms with van der Waals surface area (Å²) in [4.78, 5) is 16.2. The lowest BCUT2D eigenvalue weighted by molar-refractivity contribution is 0.0892. The van der Waals surface area contributed by atoms with E-state index in [4.69, 9.17) is 16.3 Å². The van der Waals surface area contributed by atoms with Gasteiger partial charge in [0.2, 0.25) is 10.0 Å². The van der Waals surface area contributed by atoms with E-state index in [0.717, 1.165) is 25.8 Å². The predicted molar refractivity (Wildman–Crippen MR) is 114 cm³/mol. The number of aryl methyl sites for hydroxylation is 1. The molecule has 1 aliphatic heterocycles. The number of rotatable bonds is 8. The molecule has 2 atom stereocenters. The molecule has 1 N–H and O–H groups in total. The van der Waals surface area contributed by atoms with Crippen molar-refractivity contribution >= 4 is 27.7 Å². The Morgan fingerprint density at radius 3 is 2.77 bits per heavy atom. The van der Waals surface area contributed by atoms with Crippen molar-refractivity contribution in [2.75, 3.05) is 13.2 Å². The molecule has 1 aromatic carbocycles. The Balaban J connectivity index is 1.55. The molecular weight excluding hydrogens is 428 g/mol. The van der Waals surface area contributed by atoms with Gasteiger partial charge in [0.05, 0.1) is 17.3 Å². The summed E-state index contributed by atoms with van der Waals surface area (Å²) in [5.41, 5.74) is 0. The van der Waals surface area contributed by atoms with Crippen LogP contribution in [0.2, 0.25) is 5.02 Å². The second-order valence-electron chi connectivity index (χ2n) is 7.40. The van der Waals surface area contributed by atoms with E-state index in [0.29, 0.717) is 18.0 Å². The first kappa shape index (κ1) is 22.6. The van der Waals surface area contributed by atoms with E-state index in [9.17, 15) is 13.2 Å². The number of ether oxygens (including phenoxy) is 1. The molecule has 2 heterocycles. The van der Waals surface area contributed by atoms with Crippen molar-refractivity contribution in [3.63, 3.8) is 0 Å². The zero-order valence-electron chi connectivity index (χ0n) is 16.9. The van der Waals surface area contributed by atoms with Gasteiger partial charge in [0.15, 0.2) is 0 Å². The minimum Gasteiger partial charge on any atom is -0.448 e. The van der Waals surface area contributed by atoms with Crippen LogP contribution in [0.25, 0.3) is 0 Å². The molecule has 0 bridgehead atoms. The number of piperidine rings is 1. The third kappa shape index (κ3) is 5.74. The van der Waals surface area contributed by atoms with Crippen molar-refractivity contribution in [1.29, 1.82) is 0 Å². The van der Waals surface area contributed by atoms with Crippen LogP contribution in [0, 0.1) is 0 Å². The molecule has 1 amide bonds. The van der Waals surface area contributed by atoms with Crippen LogP contribution in [0.1, 0.15) is 32.6 Å². The summed E-state index contributed by atoms with van der Waals surface area (Å²) in [5.74, 6) is 0. The Labute approximate surface area is 182 Å². The summed E-state index contributed by atoms with van der Waals surface area (Å²) in [6.07, 6.45) is 7.78. The first-order valence-electron chi connectivity index (χ1n) is 10.0. The van der Waals surface area contributed by atoms with Crippen molar-refractivity contribution in [2.24, 2.45) is 0 Å². The fraction of sp³-hybridized carbons (Fsp3) is 0.500. The van der Waals surface area contributed by atoms with E-state index in [1.165, 1.54) is 16.4 Å². The molecule has 30 heavy (non-hydrogen) atoms. The summed E-state index contributed by atoms with van der Waals surface area (Å²) in [7, 11) is -3.72. The standard InChI is InChI=1S/C20H27ClN4O4S/c1-16-4-2-5-18(25(16)30(27,28)19-8-6-17(21)7-9-19)14-29-20(26)23-10-3-12-24-13-11-22-15-24/h6-9,11,13,15-16,18H,2-5,10,12,14H2,1H3,(H,23,26)/t16-,18+/m1/s1. The lowest BCUT2D eigenvalue weighted by Gasteiger charge is -2.39. The molecule has 0 aliphatic carbocycles. The van der Waals surface area contributed by atoms with E-state index < -0.39 is 22.2 Å². The molecular formula is C20H27ClN4O4S. The Hall–Kier alpha value is -2.10. The highest BCUT2D eigenvalue weighted by molar-refractivity contribution is 7.89. The fourth-order valence-electron chi connectivity index (χ4n) is 3.68. The molecule has 1 saturated heterocycles. The molecule has 3 rings (SSSR count). The maximum Gasteiger partial charge on any atom is 0.407 e. The highest BCUT2D eigenvalue weighted by Gasteiger charge is 2.38. The minimum absolute atomic E-state index is 0.0184. The third-order valence-corrected chi connectivity index (χ3v) is 7.50. The topological polar surface area (TPSA) is 93.5 Å². The number of imidazole rings is 1. The van der Waals surface area contributed by atoms with Gasteiger partial charge in [0.1, 0.15) is 6.61 Å². The number of sulfonamides is 1. The average molecular weight is 455 g/mol. The van der Waals surface area contributed by atoms with E-state index in [2.05, 4.69) is 10.3 Å². The van der Waals surface area contributed by atoms with Crippen LogP contribution < -0.4 is 5.32 Å². The molecule has 1 aliphatic rings. The van der Waals surface area contributed by atoms with Crippen LogP contribution in [-0.2, 0) is 21.3 Å². The van der Waals surface area contributed by atoms with Gasteiger partial charge in [0.25, 0.3) is 0 Å². The van der Waals surface area contributed by atoms with Gasteiger partial charge in [-0.15, -0.1) is 0 Å². The third-order valence-electron chi connectivity index (χ3n) is 5.17. The van der Waals surface area contributed by atoms with E-state index in [-0.39, 0.29) is 17.5 Å². The number of carbonyl (C=O) groups is 1. The Kier molecular flexibility index (Phi) is 7.74. The highest BCUT2D eigenvalue weighted by atomic mass is 35.5. The number of alkyl carbamates (subject to hydrolysis) is 1. The van der Waals surface area contributed by atoms with Crippen LogP contribution in [-0.4, -0.2) is 53.6 Å². The number of aromatic nitrogens is 2. The van der Waals surface area contributed by atoms with Gasteiger partial charge < -0.3 is 14.6 Å². The number of hydrogen-bond acceptors (Lipinski definition) is 5. The fourth-order valence-corrected chi connectivity index (χ4v) is 5.66. The van der Waals surface area contributed by atoms with Gasteiger partial charge in [-0.05, 0) is 50.5 Å². The van der Waals surface area contributed by atoms with E-state index in [1.807, 2.05) is 17.7 Å². The summed E-state index contributed by atoms with van der Waals surface area (Å²) in [6, 6.07) is 5.56. The van der Waals surface area contributed by atoms with Crippen LogP contribution in [0.3, 0.4) is 0 Å². The molecule has 8 nitrogen and oxygen atoms in total. The normalized spacial score (nSPS) is 20.1.